The average Bonchev–Trinajstić information content (AvgIpc) is 2.97. The van der Waals surface area contributed by atoms with Crippen molar-refractivity contribution in [2.75, 3.05) is 5.75 Å². The highest BCUT2D eigenvalue weighted by Gasteiger charge is 2.61. The summed E-state index contributed by atoms with van der Waals surface area (Å²) in [4.78, 5) is 12.8. The van der Waals surface area contributed by atoms with Gasteiger partial charge in [0.15, 0.2) is 0 Å². The van der Waals surface area contributed by atoms with Gasteiger partial charge in [-0.3, -0.25) is 9.35 Å². The molecule has 0 radical (unpaired) electrons. The number of aliphatic hydroxyl groups excluding tert-OH is 1. The number of carbonyl (C=O) groups excluding carboxylic acids is 1. The van der Waals surface area contributed by atoms with Gasteiger partial charge in [-0.05, 0) is 92.3 Å². The first-order chi connectivity index (χ1) is 13.0. The van der Waals surface area contributed by atoms with E-state index in [2.05, 4.69) is 13.8 Å². The molecule has 3 unspecified atom stereocenters. The van der Waals surface area contributed by atoms with Crippen molar-refractivity contribution in [1.82, 2.24) is 0 Å². The van der Waals surface area contributed by atoms with Gasteiger partial charge in [-0.2, -0.15) is 8.42 Å². The van der Waals surface area contributed by atoms with Crippen molar-refractivity contribution in [2.45, 2.75) is 77.7 Å². The summed E-state index contributed by atoms with van der Waals surface area (Å²) < 4.78 is 31.1. The van der Waals surface area contributed by atoms with Gasteiger partial charge in [0.25, 0.3) is 0 Å². The average molecular weight is 431 g/mol. The predicted molar refractivity (Wildman–Crippen MR) is 110 cm³/mol. The van der Waals surface area contributed by atoms with E-state index in [1.165, 1.54) is 12.8 Å². The monoisotopic (exact) mass is 430 g/mol. The summed E-state index contributed by atoms with van der Waals surface area (Å²) in [5.41, 5.74) is 0.293. The van der Waals surface area contributed by atoms with E-state index in [-0.39, 0.29) is 29.0 Å². The third-order valence-corrected chi connectivity index (χ3v) is 11.3. The first-order valence-electron chi connectivity index (χ1n) is 10.9. The second-order valence-corrected chi connectivity index (χ2v) is 13.8. The summed E-state index contributed by atoms with van der Waals surface area (Å²) in [5, 5.41) is 10.2. The fourth-order valence-electron chi connectivity index (χ4n) is 8.00. The van der Waals surface area contributed by atoms with Gasteiger partial charge < -0.3 is 5.11 Å². The lowest BCUT2D eigenvalue weighted by Gasteiger charge is -2.60. The van der Waals surface area contributed by atoms with Gasteiger partial charge in [0.2, 0.25) is 0 Å². The van der Waals surface area contributed by atoms with Gasteiger partial charge in [0, 0.05) is 16.7 Å². The summed E-state index contributed by atoms with van der Waals surface area (Å²) in [5.74, 6) is 2.29. The topological polar surface area (TPSA) is 91.7 Å². The maximum atomic E-state index is 12.8. The van der Waals surface area contributed by atoms with Crippen LogP contribution in [0.15, 0.2) is 0 Å². The van der Waals surface area contributed by atoms with E-state index < -0.39 is 9.15 Å². The number of aliphatic hydroxyl groups is 1. The normalized spacial score (nSPS) is 48.4. The molecule has 160 valence electrons. The molecule has 0 amide bonds. The molecule has 4 aliphatic carbocycles. The van der Waals surface area contributed by atoms with Crippen molar-refractivity contribution in [3.05, 3.63) is 0 Å². The molecule has 4 aliphatic rings. The smallest absolute Gasteiger partial charge is 0.320 e. The highest BCUT2D eigenvalue weighted by Crippen LogP contribution is 2.67. The molecule has 0 aromatic rings. The molecule has 0 bridgehead atoms. The van der Waals surface area contributed by atoms with Crippen molar-refractivity contribution in [2.24, 2.45) is 40.4 Å². The minimum atomic E-state index is -4.17. The minimum absolute atomic E-state index is 0.00763. The van der Waals surface area contributed by atoms with Crippen LogP contribution in [0.5, 0.6) is 0 Å². The number of fused-ring (bicyclic) bond motifs is 5. The maximum absolute atomic E-state index is 12.8. The third kappa shape index (κ3) is 3.48. The van der Waals surface area contributed by atoms with Crippen molar-refractivity contribution < 1.29 is 22.9 Å². The largest absolute Gasteiger partial charge is 0.393 e. The van der Waals surface area contributed by atoms with Gasteiger partial charge >= 0.3 is 9.15 Å². The Bertz CT molecular complexity index is 737. The zero-order chi connectivity index (χ0) is 20.3. The first kappa shape index (κ1) is 21.1. The highest BCUT2D eigenvalue weighted by molar-refractivity contribution is 8.70. The van der Waals surface area contributed by atoms with Gasteiger partial charge in [-0.1, -0.05) is 13.8 Å². The number of hydrogen-bond donors (Lipinski definition) is 2. The summed E-state index contributed by atoms with van der Waals surface area (Å²) in [6.45, 7) is 4.73. The molecule has 0 saturated heterocycles. The number of ketones is 1. The molecule has 0 aliphatic heterocycles. The molecule has 2 N–H and O–H groups in total. The van der Waals surface area contributed by atoms with Gasteiger partial charge in [-0.25, -0.2) is 0 Å². The fourth-order valence-corrected chi connectivity index (χ4v) is 9.26. The van der Waals surface area contributed by atoms with Crippen LogP contribution in [0.4, 0.5) is 0 Å². The van der Waals surface area contributed by atoms with Crippen LogP contribution in [-0.4, -0.2) is 35.7 Å². The summed E-state index contributed by atoms with van der Waals surface area (Å²) in [6, 6.07) is 0. The Kier molecular flexibility index (Phi) is 5.47. The van der Waals surface area contributed by atoms with Crippen molar-refractivity contribution >= 4 is 25.7 Å². The Hall–Kier alpha value is -0.110. The molecule has 5 nitrogen and oxygen atoms in total. The molecule has 7 heteroatoms. The molecule has 0 aromatic carbocycles. The number of hydrogen-bond acceptors (Lipinski definition) is 5. The number of carbonyl (C=O) groups is 1. The van der Waals surface area contributed by atoms with Gasteiger partial charge in [0.1, 0.15) is 5.78 Å². The molecule has 0 aromatic heterocycles. The molecule has 4 saturated carbocycles. The zero-order valence-corrected chi connectivity index (χ0v) is 18.6. The standard InChI is InChI=1S/C21H34O5S2/c1-20-9-7-14(22)11-13(20)3-4-15-16-5-6-18(19(23)12-27-28(24,25)26)21(16,2)10-8-17(15)20/h13-18,22H,3-12H2,1-2H3,(H,24,25,26)/t13-,14+,15?,16?,17?,18+,20-,21-/m0/s1. The van der Waals surface area contributed by atoms with E-state index in [1.54, 1.807) is 0 Å². The second kappa shape index (κ2) is 7.24. The Balaban J connectivity index is 1.51. The molecular formula is C21H34O5S2. The lowest BCUT2D eigenvalue weighted by molar-refractivity contribution is -0.138. The van der Waals surface area contributed by atoms with Crippen molar-refractivity contribution in [3.8, 4) is 0 Å². The Morgan fingerprint density at radius 3 is 2.39 bits per heavy atom. The van der Waals surface area contributed by atoms with Crippen LogP contribution in [0.3, 0.4) is 0 Å². The molecule has 28 heavy (non-hydrogen) atoms. The minimum Gasteiger partial charge on any atom is -0.393 e. The SMILES string of the molecule is C[C@]12CCC3C(CC[C@H]4C[C@H](O)CC[C@]34C)C1CC[C@@H]2C(=O)CSS(=O)(=O)O. The molecule has 0 spiro atoms. The van der Waals surface area contributed by atoms with E-state index in [1.807, 2.05) is 0 Å². The van der Waals surface area contributed by atoms with E-state index >= 15 is 0 Å². The lowest BCUT2D eigenvalue weighted by atomic mass is 9.44. The molecule has 4 rings (SSSR count). The Morgan fingerprint density at radius 2 is 1.68 bits per heavy atom. The second-order valence-electron chi connectivity index (χ2n) is 10.4. The van der Waals surface area contributed by atoms with Crippen LogP contribution >= 0.6 is 10.8 Å². The highest BCUT2D eigenvalue weighted by atomic mass is 33.1. The van der Waals surface area contributed by atoms with E-state index in [9.17, 15) is 18.3 Å². The molecular weight excluding hydrogens is 396 g/mol. The summed E-state index contributed by atoms with van der Waals surface area (Å²) in [6.07, 6.45) is 9.38. The summed E-state index contributed by atoms with van der Waals surface area (Å²) in [7, 11) is -3.81. The first-order valence-corrected chi connectivity index (χ1v) is 13.8. The van der Waals surface area contributed by atoms with Crippen LogP contribution in [0, 0.1) is 40.4 Å². The van der Waals surface area contributed by atoms with E-state index in [0.717, 1.165) is 44.9 Å². The lowest BCUT2D eigenvalue weighted by Crippen LogP contribution is -2.54. The Labute approximate surface area is 172 Å². The van der Waals surface area contributed by atoms with Gasteiger partial charge in [0.05, 0.1) is 11.9 Å². The van der Waals surface area contributed by atoms with Gasteiger partial charge in [-0.15, -0.1) is 0 Å². The maximum Gasteiger partial charge on any atom is 0.320 e. The third-order valence-electron chi connectivity index (χ3n) is 9.38. The van der Waals surface area contributed by atoms with Crippen molar-refractivity contribution in [1.29, 1.82) is 0 Å². The van der Waals surface area contributed by atoms with Crippen LogP contribution in [0.1, 0.15) is 71.6 Å². The van der Waals surface area contributed by atoms with E-state index in [0.29, 0.717) is 39.9 Å². The number of rotatable bonds is 4. The van der Waals surface area contributed by atoms with E-state index in [4.69, 9.17) is 4.55 Å². The fraction of sp³-hybridized carbons (Fsp3) is 0.952. The predicted octanol–water partition coefficient (Wildman–Crippen LogP) is 4.11. The Morgan fingerprint density at radius 1 is 1.00 bits per heavy atom. The van der Waals surface area contributed by atoms with Crippen LogP contribution < -0.4 is 0 Å². The van der Waals surface area contributed by atoms with Crippen LogP contribution in [0.25, 0.3) is 0 Å². The molecule has 8 atom stereocenters. The molecule has 0 heterocycles. The number of Topliss-reactive ketones (excluding diaryl/α,β-unsaturated/α-hetero) is 1. The zero-order valence-electron chi connectivity index (χ0n) is 17.0. The quantitative estimate of drug-likeness (QED) is 0.515. The van der Waals surface area contributed by atoms with Crippen LogP contribution in [0.2, 0.25) is 0 Å². The van der Waals surface area contributed by atoms with Crippen LogP contribution in [-0.2, 0) is 13.9 Å². The summed E-state index contributed by atoms with van der Waals surface area (Å²) >= 11 is 0. The van der Waals surface area contributed by atoms with Crippen molar-refractivity contribution in [3.63, 3.8) is 0 Å². The molecule has 4 fully saturated rings.